The lowest BCUT2D eigenvalue weighted by molar-refractivity contribution is -0.116. The number of halogens is 1. The molecular formula is C14H20ClN5O. The van der Waals surface area contributed by atoms with E-state index in [1.165, 1.54) is 0 Å². The van der Waals surface area contributed by atoms with Crippen molar-refractivity contribution in [2.24, 2.45) is 0 Å². The summed E-state index contributed by atoms with van der Waals surface area (Å²) in [6.45, 7) is 4.23. The maximum Gasteiger partial charge on any atom is 0.226 e. The summed E-state index contributed by atoms with van der Waals surface area (Å²) >= 11 is 0. The molecular weight excluding hydrogens is 290 g/mol. The monoisotopic (exact) mass is 309 g/mol. The van der Waals surface area contributed by atoms with Crippen LogP contribution in [0.2, 0.25) is 0 Å². The minimum atomic E-state index is -0.0237. The smallest absolute Gasteiger partial charge is 0.226 e. The molecule has 2 rings (SSSR count). The number of hydrogen-bond donors (Lipinski definition) is 2. The number of carbonyl (C=O) groups is 1. The van der Waals surface area contributed by atoms with E-state index in [2.05, 4.69) is 27.9 Å². The normalized spacial score (nSPS) is 9.95. The standard InChI is InChI=1S/C14H19N5O.ClH/c1-2-15-11-12-5-3-4-6-13(12)17-14(20)7-9-19-10-8-16-18-19;/h3-6,8,10,15H,2,7,9,11H2,1H3,(H,17,20);1H. The van der Waals surface area contributed by atoms with E-state index in [0.29, 0.717) is 13.0 Å². The third-order valence-electron chi connectivity index (χ3n) is 2.90. The second-order valence-corrected chi connectivity index (χ2v) is 4.40. The van der Waals surface area contributed by atoms with E-state index in [1.54, 1.807) is 17.1 Å². The number of nitrogens with zero attached hydrogens (tertiary/aromatic N) is 3. The molecule has 0 saturated carbocycles. The lowest BCUT2D eigenvalue weighted by Gasteiger charge is -2.11. The molecule has 2 N–H and O–H groups in total. The van der Waals surface area contributed by atoms with Gasteiger partial charge in [0.2, 0.25) is 5.91 Å². The van der Waals surface area contributed by atoms with Crippen LogP contribution in [-0.2, 0) is 17.9 Å². The van der Waals surface area contributed by atoms with Gasteiger partial charge in [0.05, 0.1) is 12.7 Å². The van der Waals surface area contributed by atoms with Crippen molar-refractivity contribution in [2.75, 3.05) is 11.9 Å². The number of nitrogens with one attached hydrogen (secondary N) is 2. The van der Waals surface area contributed by atoms with Crippen LogP contribution in [0.25, 0.3) is 0 Å². The molecule has 0 radical (unpaired) electrons. The van der Waals surface area contributed by atoms with Crippen LogP contribution >= 0.6 is 12.4 Å². The molecule has 0 saturated heterocycles. The molecule has 21 heavy (non-hydrogen) atoms. The number of anilines is 1. The van der Waals surface area contributed by atoms with Crippen LogP contribution < -0.4 is 10.6 Å². The molecule has 1 amide bonds. The topological polar surface area (TPSA) is 71.8 Å². The van der Waals surface area contributed by atoms with Gasteiger partial charge in [0.25, 0.3) is 0 Å². The molecule has 7 heteroatoms. The highest BCUT2D eigenvalue weighted by Crippen LogP contribution is 2.15. The molecule has 0 aliphatic rings. The third-order valence-corrected chi connectivity index (χ3v) is 2.90. The molecule has 1 aromatic carbocycles. The summed E-state index contributed by atoms with van der Waals surface area (Å²) in [6.07, 6.45) is 3.72. The van der Waals surface area contributed by atoms with Gasteiger partial charge in [0, 0.05) is 24.8 Å². The molecule has 0 unspecified atom stereocenters. The molecule has 0 aliphatic carbocycles. The fourth-order valence-corrected chi connectivity index (χ4v) is 1.84. The maximum absolute atomic E-state index is 11.9. The van der Waals surface area contributed by atoms with Crippen LogP contribution in [0.3, 0.4) is 0 Å². The zero-order valence-corrected chi connectivity index (χ0v) is 12.8. The van der Waals surface area contributed by atoms with Gasteiger partial charge in [-0.1, -0.05) is 30.3 Å². The van der Waals surface area contributed by atoms with Crippen LogP contribution in [0, 0.1) is 0 Å². The zero-order valence-electron chi connectivity index (χ0n) is 12.0. The second kappa shape index (κ2) is 9.10. The average molecular weight is 310 g/mol. The largest absolute Gasteiger partial charge is 0.326 e. The summed E-state index contributed by atoms with van der Waals surface area (Å²) in [4.78, 5) is 11.9. The van der Waals surface area contributed by atoms with E-state index < -0.39 is 0 Å². The third kappa shape index (κ3) is 5.53. The number of aryl methyl sites for hydroxylation is 1. The predicted octanol–water partition coefficient (Wildman–Crippen LogP) is 1.84. The van der Waals surface area contributed by atoms with Gasteiger partial charge in [-0.3, -0.25) is 9.48 Å². The minimum Gasteiger partial charge on any atom is -0.326 e. The molecule has 0 atom stereocenters. The van der Waals surface area contributed by atoms with Crippen molar-refractivity contribution >= 4 is 24.0 Å². The quantitative estimate of drug-likeness (QED) is 0.818. The van der Waals surface area contributed by atoms with E-state index in [0.717, 1.165) is 24.3 Å². The number of hydrogen-bond acceptors (Lipinski definition) is 4. The summed E-state index contributed by atoms with van der Waals surface area (Å²) in [5.41, 5.74) is 1.94. The first-order valence-corrected chi connectivity index (χ1v) is 6.72. The molecule has 1 aromatic heterocycles. The first-order chi connectivity index (χ1) is 9.79. The van der Waals surface area contributed by atoms with Gasteiger partial charge in [-0.05, 0) is 18.2 Å². The Morgan fingerprint density at radius 1 is 1.33 bits per heavy atom. The van der Waals surface area contributed by atoms with Crippen LogP contribution in [0.5, 0.6) is 0 Å². The lowest BCUT2D eigenvalue weighted by atomic mass is 10.1. The molecule has 2 aromatic rings. The Balaban J connectivity index is 0.00000220. The minimum absolute atomic E-state index is 0. The van der Waals surface area contributed by atoms with E-state index in [9.17, 15) is 4.79 Å². The SMILES string of the molecule is CCNCc1ccccc1NC(=O)CCn1ccnn1.Cl. The van der Waals surface area contributed by atoms with Gasteiger partial charge in [-0.15, -0.1) is 17.5 Å². The van der Waals surface area contributed by atoms with E-state index in [-0.39, 0.29) is 18.3 Å². The Morgan fingerprint density at radius 3 is 2.86 bits per heavy atom. The first kappa shape index (κ1) is 17.1. The second-order valence-electron chi connectivity index (χ2n) is 4.40. The predicted molar refractivity (Wildman–Crippen MR) is 84.3 cm³/mol. The van der Waals surface area contributed by atoms with Gasteiger partial charge in [-0.25, -0.2) is 0 Å². The molecule has 0 bridgehead atoms. The van der Waals surface area contributed by atoms with Crippen molar-refractivity contribution < 1.29 is 4.79 Å². The zero-order chi connectivity index (χ0) is 14.2. The van der Waals surface area contributed by atoms with Gasteiger partial charge in [-0.2, -0.15) is 0 Å². The summed E-state index contributed by atoms with van der Waals surface area (Å²) in [5, 5.41) is 13.7. The number of benzene rings is 1. The number of rotatable bonds is 7. The highest BCUT2D eigenvalue weighted by Gasteiger charge is 2.06. The molecule has 0 spiro atoms. The summed E-state index contributed by atoms with van der Waals surface area (Å²) in [5.74, 6) is -0.0237. The Labute approximate surface area is 130 Å². The van der Waals surface area contributed by atoms with Crippen molar-refractivity contribution in [2.45, 2.75) is 26.4 Å². The van der Waals surface area contributed by atoms with Gasteiger partial charge < -0.3 is 10.6 Å². The Hall–Kier alpha value is -1.92. The first-order valence-electron chi connectivity index (χ1n) is 6.72. The summed E-state index contributed by atoms with van der Waals surface area (Å²) in [7, 11) is 0. The lowest BCUT2D eigenvalue weighted by Crippen LogP contribution is -2.18. The number of amides is 1. The van der Waals surface area contributed by atoms with Crippen LogP contribution in [0.15, 0.2) is 36.7 Å². The van der Waals surface area contributed by atoms with E-state index in [1.807, 2.05) is 24.3 Å². The number of carbonyl (C=O) groups excluding carboxylic acids is 1. The van der Waals surface area contributed by atoms with Crippen LogP contribution in [-0.4, -0.2) is 27.4 Å². The van der Waals surface area contributed by atoms with E-state index in [4.69, 9.17) is 0 Å². The van der Waals surface area contributed by atoms with Crippen molar-refractivity contribution in [3.63, 3.8) is 0 Å². The summed E-state index contributed by atoms with van der Waals surface area (Å²) < 4.78 is 1.64. The summed E-state index contributed by atoms with van der Waals surface area (Å²) in [6, 6.07) is 7.82. The van der Waals surface area contributed by atoms with Crippen molar-refractivity contribution in [1.82, 2.24) is 20.3 Å². The van der Waals surface area contributed by atoms with E-state index >= 15 is 0 Å². The van der Waals surface area contributed by atoms with Crippen LogP contribution in [0.1, 0.15) is 18.9 Å². The average Bonchev–Trinajstić information content (AvgIpc) is 2.97. The Bertz CT molecular complexity index is 544. The van der Waals surface area contributed by atoms with Crippen molar-refractivity contribution in [3.8, 4) is 0 Å². The van der Waals surface area contributed by atoms with Crippen molar-refractivity contribution in [1.29, 1.82) is 0 Å². The number of para-hydroxylation sites is 1. The fraction of sp³-hybridized carbons (Fsp3) is 0.357. The molecule has 114 valence electrons. The van der Waals surface area contributed by atoms with Crippen LogP contribution in [0.4, 0.5) is 5.69 Å². The molecule has 0 fully saturated rings. The maximum atomic E-state index is 11.9. The van der Waals surface area contributed by atoms with Gasteiger partial charge >= 0.3 is 0 Å². The highest BCUT2D eigenvalue weighted by atomic mass is 35.5. The number of aromatic nitrogens is 3. The highest BCUT2D eigenvalue weighted by molar-refractivity contribution is 5.91. The molecule has 6 nitrogen and oxygen atoms in total. The Kier molecular flexibility index (Phi) is 7.42. The fourth-order valence-electron chi connectivity index (χ4n) is 1.84. The Morgan fingerprint density at radius 2 is 2.14 bits per heavy atom. The molecule has 1 heterocycles. The van der Waals surface area contributed by atoms with Gasteiger partial charge in [0.15, 0.2) is 0 Å². The van der Waals surface area contributed by atoms with Crippen molar-refractivity contribution in [3.05, 3.63) is 42.2 Å². The molecule has 0 aliphatic heterocycles. The van der Waals surface area contributed by atoms with Gasteiger partial charge in [0.1, 0.15) is 0 Å².